The minimum atomic E-state index is -0.515. The third-order valence-corrected chi connectivity index (χ3v) is 5.27. The number of hydrogen-bond donors (Lipinski definition) is 1. The van der Waals surface area contributed by atoms with Crippen LogP contribution in [0.1, 0.15) is 23.2 Å². The zero-order valence-electron chi connectivity index (χ0n) is 15.3. The lowest BCUT2D eigenvalue weighted by Crippen LogP contribution is -2.38. The van der Waals surface area contributed by atoms with Crippen molar-refractivity contribution in [2.45, 2.75) is 18.9 Å². The summed E-state index contributed by atoms with van der Waals surface area (Å²) in [4.78, 5) is 32.1. The van der Waals surface area contributed by atoms with Gasteiger partial charge in [0.05, 0.1) is 16.8 Å². The van der Waals surface area contributed by atoms with Crippen molar-refractivity contribution in [2.75, 3.05) is 36.4 Å². The number of carbonyl (C=O) groups excluding carboxylic acids is 1. The van der Waals surface area contributed by atoms with Crippen LogP contribution in [0.25, 0.3) is 0 Å². The maximum absolute atomic E-state index is 12.3. The highest BCUT2D eigenvalue weighted by molar-refractivity contribution is 6.04. The first-order valence-corrected chi connectivity index (χ1v) is 9.11. The molecule has 0 unspecified atom stereocenters. The number of carbonyl (C=O) groups is 1. The van der Waals surface area contributed by atoms with Gasteiger partial charge in [0.2, 0.25) is 0 Å². The summed E-state index contributed by atoms with van der Waals surface area (Å²) in [5.41, 5.74) is 0.702. The summed E-state index contributed by atoms with van der Waals surface area (Å²) in [7, 11) is 0. The van der Waals surface area contributed by atoms with Gasteiger partial charge in [-0.25, -0.2) is 4.98 Å². The van der Waals surface area contributed by atoms with Crippen LogP contribution in [-0.4, -0.2) is 52.9 Å². The van der Waals surface area contributed by atoms with E-state index in [1.807, 2.05) is 12.1 Å². The fraction of sp³-hybridized carbons (Fsp3) is 0.368. The zero-order chi connectivity index (χ0) is 18.8. The Kier molecular flexibility index (Phi) is 6.11. The topological polar surface area (TPSA) is 91.6 Å². The number of rotatable bonds is 4. The Bertz CT molecular complexity index is 853. The number of nitro benzene ring substituents is 1. The largest absolute Gasteiger partial charge is 0.352 e. The summed E-state index contributed by atoms with van der Waals surface area (Å²) >= 11 is 0. The third kappa shape index (κ3) is 4.23. The molecule has 2 aromatic rings. The molecule has 1 aromatic heterocycles. The van der Waals surface area contributed by atoms with E-state index >= 15 is 0 Å². The molecule has 3 aliphatic heterocycles. The predicted molar refractivity (Wildman–Crippen MR) is 109 cm³/mol. The molecule has 1 N–H and O–H groups in total. The molecule has 0 spiro atoms. The summed E-state index contributed by atoms with van der Waals surface area (Å²) in [6.45, 7) is 4.33. The number of anilines is 2. The number of nitro groups is 1. The normalized spacial score (nSPS) is 20.8. The van der Waals surface area contributed by atoms with Crippen molar-refractivity contribution in [2.24, 2.45) is 0 Å². The van der Waals surface area contributed by atoms with E-state index in [9.17, 15) is 14.9 Å². The smallest absolute Gasteiger partial charge is 0.270 e. The van der Waals surface area contributed by atoms with Gasteiger partial charge in [0.15, 0.2) is 0 Å². The van der Waals surface area contributed by atoms with Crippen LogP contribution in [-0.2, 0) is 0 Å². The van der Waals surface area contributed by atoms with Crippen LogP contribution in [0.5, 0.6) is 0 Å². The molecule has 0 radical (unpaired) electrons. The molecule has 0 saturated carbocycles. The van der Waals surface area contributed by atoms with E-state index in [0.29, 0.717) is 11.7 Å². The van der Waals surface area contributed by atoms with E-state index in [4.69, 9.17) is 0 Å². The monoisotopic (exact) mass is 403 g/mol. The molecule has 8 nitrogen and oxygen atoms in total. The van der Waals surface area contributed by atoms with Crippen molar-refractivity contribution in [3.63, 3.8) is 0 Å². The Morgan fingerprint density at radius 1 is 1.14 bits per heavy atom. The van der Waals surface area contributed by atoms with Crippen molar-refractivity contribution < 1.29 is 9.72 Å². The molecule has 3 fully saturated rings. The SMILES string of the molecule is Cl.O=C(Nc1ccc(N2CCN3CCC2CC3)nc1)c1cccc([N+](=O)[O-])c1. The highest BCUT2D eigenvalue weighted by Gasteiger charge is 2.29. The molecule has 0 aliphatic carbocycles. The average Bonchev–Trinajstić information content (AvgIpc) is 3.02. The Morgan fingerprint density at radius 3 is 2.61 bits per heavy atom. The summed E-state index contributed by atoms with van der Waals surface area (Å²) in [5, 5.41) is 13.6. The highest BCUT2D eigenvalue weighted by Crippen LogP contribution is 2.26. The van der Waals surface area contributed by atoms with Gasteiger partial charge >= 0.3 is 0 Å². The third-order valence-electron chi connectivity index (χ3n) is 5.27. The van der Waals surface area contributed by atoms with E-state index in [1.165, 1.54) is 18.2 Å². The molecule has 28 heavy (non-hydrogen) atoms. The van der Waals surface area contributed by atoms with E-state index in [0.717, 1.165) is 44.8 Å². The highest BCUT2D eigenvalue weighted by atomic mass is 35.5. The number of amides is 1. The van der Waals surface area contributed by atoms with Crippen molar-refractivity contribution in [1.82, 2.24) is 9.88 Å². The maximum atomic E-state index is 12.3. The second-order valence-corrected chi connectivity index (χ2v) is 6.93. The molecule has 2 bridgehead atoms. The number of nitrogens with one attached hydrogen (secondary N) is 1. The summed E-state index contributed by atoms with van der Waals surface area (Å²) in [6.07, 6.45) is 3.96. The number of non-ortho nitro benzene ring substituents is 1. The van der Waals surface area contributed by atoms with Crippen molar-refractivity contribution >= 4 is 35.5 Å². The van der Waals surface area contributed by atoms with Crippen LogP contribution < -0.4 is 10.2 Å². The number of pyridine rings is 1. The van der Waals surface area contributed by atoms with Gasteiger partial charge in [-0.1, -0.05) is 6.07 Å². The lowest BCUT2D eigenvalue weighted by molar-refractivity contribution is -0.384. The Hall–Kier alpha value is -2.71. The molecule has 3 aliphatic rings. The van der Waals surface area contributed by atoms with Gasteiger partial charge in [-0.3, -0.25) is 14.9 Å². The quantitative estimate of drug-likeness (QED) is 0.623. The first-order valence-electron chi connectivity index (χ1n) is 9.11. The van der Waals surface area contributed by atoms with E-state index in [1.54, 1.807) is 12.3 Å². The summed E-state index contributed by atoms with van der Waals surface area (Å²) < 4.78 is 0. The predicted octanol–water partition coefficient (Wildman–Crippen LogP) is 2.95. The summed E-state index contributed by atoms with van der Waals surface area (Å²) in [5.74, 6) is 0.534. The Balaban J connectivity index is 0.00000225. The van der Waals surface area contributed by atoms with Gasteiger partial charge in [-0.2, -0.15) is 0 Å². The molecule has 0 atom stereocenters. The van der Waals surface area contributed by atoms with E-state index < -0.39 is 10.8 Å². The average molecular weight is 404 g/mol. The standard InChI is InChI=1S/C19H21N5O3.ClH/c25-19(14-2-1-3-17(12-14)24(26)27)21-15-4-5-18(20-13-15)23-11-10-22-8-6-16(23)7-9-22;/h1-5,12-13,16H,6-11H2,(H,21,25);1H. The van der Waals surface area contributed by atoms with E-state index in [-0.39, 0.29) is 23.7 Å². The first kappa shape index (κ1) is 20.0. The molecule has 1 amide bonds. The van der Waals surface area contributed by atoms with Crippen molar-refractivity contribution in [3.05, 3.63) is 58.3 Å². The molecule has 9 heteroatoms. The van der Waals surface area contributed by atoms with Crippen LogP contribution >= 0.6 is 12.4 Å². The number of piperidine rings is 1. The second kappa shape index (κ2) is 8.53. The number of nitrogens with zero attached hydrogens (tertiary/aromatic N) is 4. The van der Waals surface area contributed by atoms with Gasteiger partial charge in [-0.15, -0.1) is 12.4 Å². The fourth-order valence-corrected chi connectivity index (χ4v) is 3.78. The molecule has 148 valence electrons. The lowest BCUT2D eigenvalue weighted by atomic mass is 10.1. The van der Waals surface area contributed by atoms with Crippen LogP contribution in [0.3, 0.4) is 0 Å². The molecule has 1 aromatic carbocycles. The van der Waals surface area contributed by atoms with Crippen LogP contribution in [0.15, 0.2) is 42.6 Å². The Morgan fingerprint density at radius 2 is 1.93 bits per heavy atom. The molecular weight excluding hydrogens is 382 g/mol. The zero-order valence-corrected chi connectivity index (χ0v) is 16.1. The van der Waals surface area contributed by atoms with Gasteiger partial charge < -0.3 is 15.1 Å². The lowest BCUT2D eigenvalue weighted by Gasteiger charge is -2.32. The number of fused-ring (bicyclic) bond motifs is 4. The molecule has 5 rings (SSSR count). The fourth-order valence-electron chi connectivity index (χ4n) is 3.78. The van der Waals surface area contributed by atoms with Crippen LogP contribution in [0.2, 0.25) is 0 Å². The first-order chi connectivity index (χ1) is 13.1. The number of hydrogen-bond acceptors (Lipinski definition) is 6. The van der Waals surface area contributed by atoms with Crippen molar-refractivity contribution in [3.8, 4) is 0 Å². The minimum absolute atomic E-state index is 0. The number of benzene rings is 1. The van der Waals surface area contributed by atoms with Gasteiger partial charge in [-0.05, 0) is 31.0 Å². The number of aromatic nitrogens is 1. The second-order valence-electron chi connectivity index (χ2n) is 6.93. The van der Waals surface area contributed by atoms with Crippen LogP contribution in [0.4, 0.5) is 17.2 Å². The van der Waals surface area contributed by atoms with Gasteiger partial charge in [0.1, 0.15) is 5.82 Å². The summed E-state index contributed by atoms with van der Waals surface area (Å²) in [6, 6.07) is 9.96. The van der Waals surface area contributed by atoms with Crippen LogP contribution in [0, 0.1) is 10.1 Å². The molecule has 4 heterocycles. The number of halogens is 1. The van der Waals surface area contributed by atoms with Crippen molar-refractivity contribution in [1.29, 1.82) is 0 Å². The Labute approximate surface area is 169 Å². The van der Waals surface area contributed by atoms with E-state index in [2.05, 4.69) is 20.1 Å². The minimum Gasteiger partial charge on any atom is -0.352 e. The molecular formula is C19H22ClN5O3. The molecule has 3 saturated heterocycles. The maximum Gasteiger partial charge on any atom is 0.270 e. The van der Waals surface area contributed by atoms with Gasteiger partial charge in [0.25, 0.3) is 11.6 Å². The van der Waals surface area contributed by atoms with Gasteiger partial charge in [0, 0.05) is 49.9 Å².